The second-order valence-corrected chi connectivity index (χ2v) is 7.64. The summed E-state index contributed by atoms with van der Waals surface area (Å²) >= 11 is 3.43. The molecule has 1 aliphatic rings. The Morgan fingerprint density at radius 3 is 2.46 bits per heavy atom. The molecule has 5 nitrogen and oxygen atoms in total. The van der Waals surface area contributed by atoms with Gasteiger partial charge in [0.2, 0.25) is 0 Å². The summed E-state index contributed by atoms with van der Waals surface area (Å²) in [7, 11) is 0. The van der Waals surface area contributed by atoms with Crippen LogP contribution < -0.4 is 10.1 Å². The van der Waals surface area contributed by atoms with E-state index in [0.29, 0.717) is 29.2 Å². The molecule has 1 fully saturated rings. The summed E-state index contributed by atoms with van der Waals surface area (Å²) in [5.41, 5.74) is 1.56. The number of hydrogen-bond acceptors (Lipinski definition) is 3. The molecule has 0 unspecified atom stereocenters. The van der Waals surface area contributed by atoms with E-state index in [4.69, 9.17) is 4.74 Å². The van der Waals surface area contributed by atoms with Gasteiger partial charge in [0.05, 0.1) is 22.3 Å². The van der Waals surface area contributed by atoms with Crippen molar-refractivity contribution in [2.24, 2.45) is 0 Å². The van der Waals surface area contributed by atoms with Gasteiger partial charge in [0.1, 0.15) is 5.75 Å². The summed E-state index contributed by atoms with van der Waals surface area (Å²) in [4.78, 5) is 27.7. The van der Waals surface area contributed by atoms with Crippen LogP contribution in [-0.4, -0.2) is 36.4 Å². The van der Waals surface area contributed by atoms with E-state index in [1.807, 2.05) is 24.0 Å². The number of carbonyl (C=O) groups excluding carboxylic acids is 2. The van der Waals surface area contributed by atoms with Gasteiger partial charge >= 0.3 is 0 Å². The van der Waals surface area contributed by atoms with Gasteiger partial charge in [0.15, 0.2) is 0 Å². The molecule has 6 heteroatoms. The Morgan fingerprint density at radius 2 is 1.79 bits per heavy atom. The van der Waals surface area contributed by atoms with Crippen molar-refractivity contribution < 1.29 is 14.3 Å². The number of benzene rings is 2. The van der Waals surface area contributed by atoms with Crippen molar-refractivity contribution in [1.29, 1.82) is 0 Å². The molecule has 0 aromatic heterocycles. The number of likely N-dealkylation sites (tertiary alicyclic amines) is 1. The first-order valence-corrected chi connectivity index (χ1v) is 10.5. The molecule has 1 N–H and O–H groups in total. The number of halogens is 1. The third kappa shape index (κ3) is 4.93. The lowest BCUT2D eigenvalue weighted by Crippen LogP contribution is -2.32. The Morgan fingerprint density at radius 1 is 1.07 bits per heavy atom. The number of carbonyl (C=O) groups is 2. The van der Waals surface area contributed by atoms with Crippen molar-refractivity contribution in [1.82, 2.24) is 4.90 Å². The fourth-order valence-corrected chi connectivity index (χ4v) is 3.83. The van der Waals surface area contributed by atoms with Gasteiger partial charge in [-0.25, -0.2) is 0 Å². The summed E-state index contributed by atoms with van der Waals surface area (Å²) in [6, 6.07) is 12.4. The molecule has 148 valence electrons. The van der Waals surface area contributed by atoms with Gasteiger partial charge in [-0.1, -0.05) is 25.0 Å². The van der Waals surface area contributed by atoms with E-state index in [0.717, 1.165) is 43.2 Å². The highest BCUT2D eigenvalue weighted by Crippen LogP contribution is 2.27. The fourth-order valence-electron chi connectivity index (χ4n) is 3.33. The van der Waals surface area contributed by atoms with Gasteiger partial charge in [0, 0.05) is 18.7 Å². The topological polar surface area (TPSA) is 58.6 Å². The minimum Gasteiger partial charge on any atom is -0.493 e. The van der Waals surface area contributed by atoms with Crippen molar-refractivity contribution in [3.8, 4) is 5.75 Å². The Balaban J connectivity index is 1.78. The summed E-state index contributed by atoms with van der Waals surface area (Å²) < 4.78 is 6.21. The molecule has 1 heterocycles. The fraction of sp³-hybridized carbons (Fsp3) is 0.364. The molecule has 2 aromatic carbocycles. The van der Waals surface area contributed by atoms with E-state index in [1.165, 1.54) is 0 Å². The third-order valence-corrected chi connectivity index (χ3v) is 5.41. The molecule has 0 saturated carbocycles. The van der Waals surface area contributed by atoms with Crippen molar-refractivity contribution in [2.75, 3.05) is 25.0 Å². The van der Waals surface area contributed by atoms with E-state index in [2.05, 4.69) is 21.2 Å². The number of nitrogens with zero attached hydrogens (tertiary/aromatic N) is 1. The van der Waals surface area contributed by atoms with E-state index >= 15 is 0 Å². The molecule has 0 spiro atoms. The van der Waals surface area contributed by atoms with Crippen LogP contribution in [0.2, 0.25) is 0 Å². The van der Waals surface area contributed by atoms with Crippen molar-refractivity contribution >= 4 is 33.4 Å². The average Bonchev–Trinajstić information content (AvgIpc) is 2.99. The van der Waals surface area contributed by atoms with E-state index in [9.17, 15) is 9.59 Å². The first kappa shape index (κ1) is 20.4. The SMILES string of the molecule is CCOc1ccc(C(=O)Nc2ccccc2C(=O)N2CCCCCC2)cc1Br. The molecule has 1 aliphatic heterocycles. The Bertz CT molecular complexity index is 845. The lowest BCUT2D eigenvalue weighted by Gasteiger charge is -2.22. The molecule has 1 saturated heterocycles. The van der Waals surface area contributed by atoms with Crippen LogP contribution in [0.4, 0.5) is 5.69 Å². The largest absolute Gasteiger partial charge is 0.493 e. The lowest BCUT2D eigenvalue weighted by atomic mass is 10.1. The maximum absolute atomic E-state index is 13.0. The van der Waals surface area contributed by atoms with E-state index < -0.39 is 0 Å². The zero-order chi connectivity index (χ0) is 19.9. The van der Waals surface area contributed by atoms with Crippen LogP contribution in [-0.2, 0) is 0 Å². The predicted molar refractivity (Wildman–Crippen MR) is 114 cm³/mol. The summed E-state index contributed by atoms with van der Waals surface area (Å²) in [5.74, 6) is 0.404. The van der Waals surface area contributed by atoms with Gasteiger partial charge in [0.25, 0.3) is 11.8 Å². The number of rotatable bonds is 5. The summed E-state index contributed by atoms with van der Waals surface area (Å²) in [6.07, 6.45) is 4.38. The van der Waals surface area contributed by atoms with Gasteiger partial charge in [-0.05, 0) is 66.0 Å². The molecule has 0 atom stereocenters. The second kappa shape index (κ2) is 9.73. The number of hydrogen-bond donors (Lipinski definition) is 1. The maximum atomic E-state index is 13.0. The molecule has 0 aliphatic carbocycles. The lowest BCUT2D eigenvalue weighted by molar-refractivity contribution is 0.0762. The van der Waals surface area contributed by atoms with Crippen LogP contribution in [0.25, 0.3) is 0 Å². The first-order chi connectivity index (χ1) is 13.6. The predicted octanol–water partition coefficient (Wildman–Crippen LogP) is 5.12. The van der Waals surface area contributed by atoms with Crippen LogP contribution in [0, 0.1) is 0 Å². The summed E-state index contributed by atoms with van der Waals surface area (Å²) in [6.45, 7) is 4.00. The maximum Gasteiger partial charge on any atom is 0.255 e. The van der Waals surface area contributed by atoms with Crippen LogP contribution in [0.1, 0.15) is 53.3 Å². The zero-order valence-electron chi connectivity index (χ0n) is 16.0. The van der Waals surface area contributed by atoms with Crippen molar-refractivity contribution in [3.05, 3.63) is 58.1 Å². The highest BCUT2D eigenvalue weighted by Gasteiger charge is 2.21. The number of amides is 2. The van der Waals surface area contributed by atoms with Crippen LogP contribution in [0.3, 0.4) is 0 Å². The normalized spacial score (nSPS) is 14.3. The summed E-state index contributed by atoms with van der Waals surface area (Å²) in [5, 5.41) is 2.89. The van der Waals surface area contributed by atoms with Crippen LogP contribution in [0.5, 0.6) is 5.75 Å². The second-order valence-electron chi connectivity index (χ2n) is 6.78. The molecule has 0 bridgehead atoms. The highest BCUT2D eigenvalue weighted by atomic mass is 79.9. The Kier molecular flexibility index (Phi) is 7.09. The number of nitrogens with one attached hydrogen (secondary N) is 1. The Hall–Kier alpha value is -2.34. The molecule has 28 heavy (non-hydrogen) atoms. The molecule has 0 radical (unpaired) electrons. The number of anilines is 1. The number of para-hydroxylation sites is 1. The molecule has 2 aromatic rings. The quantitative estimate of drug-likeness (QED) is 0.696. The first-order valence-electron chi connectivity index (χ1n) is 9.72. The minimum absolute atomic E-state index is 0.0225. The molecule has 2 amide bonds. The highest BCUT2D eigenvalue weighted by molar-refractivity contribution is 9.10. The van der Waals surface area contributed by atoms with Gasteiger partial charge in [-0.2, -0.15) is 0 Å². The van der Waals surface area contributed by atoms with Crippen molar-refractivity contribution in [2.45, 2.75) is 32.6 Å². The van der Waals surface area contributed by atoms with Gasteiger partial charge in [-0.15, -0.1) is 0 Å². The van der Waals surface area contributed by atoms with E-state index in [-0.39, 0.29) is 11.8 Å². The Labute approximate surface area is 174 Å². The number of ether oxygens (including phenoxy) is 1. The van der Waals surface area contributed by atoms with Gasteiger partial charge in [-0.3, -0.25) is 9.59 Å². The van der Waals surface area contributed by atoms with Crippen molar-refractivity contribution in [3.63, 3.8) is 0 Å². The molecule has 3 rings (SSSR count). The zero-order valence-corrected chi connectivity index (χ0v) is 17.6. The van der Waals surface area contributed by atoms with Gasteiger partial charge < -0.3 is 15.0 Å². The molecular formula is C22H25BrN2O3. The minimum atomic E-state index is -0.264. The van der Waals surface area contributed by atoms with Crippen LogP contribution in [0.15, 0.2) is 46.9 Å². The monoisotopic (exact) mass is 444 g/mol. The molecular weight excluding hydrogens is 420 g/mol. The van der Waals surface area contributed by atoms with Crippen LogP contribution >= 0.6 is 15.9 Å². The average molecular weight is 445 g/mol. The van der Waals surface area contributed by atoms with E-state index in [1.54, 1.807) is 30.3 Å². The third-order valence-electron chi connectivity index (χ3n) is 4.79. The standard InChI is InChI=1S/C22H25BrN2O3/c1-2-28-20-12-11-16(15-18(20)23)21(26)24-19-10-6-5-9-17(19)22(27)25-13-7-3-4-8-14-25/h5-6,9-12,15H,2-4,7-8,13-14H2,1H3,(H,24,26). The smallest absolute Gasteiger partial charge is 0.255 e.